The molecule has 0 aliphatic heterocycles. The van der Waals surface area contributed by atoms with Crippen molar-refractivity contribution in [3.8, 4) is 11.1 Å². The number of rotatable bonds is 10. The summed E-state index contributed by atoms with van der Waals surface area (Å²) in [7, 11) is 3.06. The first-order chi connectivity index (χ1) is 15.5. The predicted octanol–water partition coefficient (Wildman–Crippen LogP) is 3.77. The van der Waals surface area contributed by atoms with Gasteiger partial charge < -0.3 is 24.4 Å². The number of nitrogens with one attached hydrogen (secondary N) is 1. The van der Waals surface area contributed by atoms with Gasteiger partial charge in [0, 0.05) is 26.2 Å². The molecule has 2 aromatic rings. The number of nitrogens with zero attached hydrogens (tertiary/aromatic N) is 1. The summed E-state index contributed by atoms with van der Waals surface area (Å²) in [4.78, 5) is 26.8. The number of amides is 2. The molecule has 0 saturated heterocycles. The van der Waals surface area contributed by atoms with Gasteiger partial charge in [-0.3, -0.25) is 4.79 Å². The van der Waals surface area contributed by atoms with Gasteiger partial charge in [0.2, 0.25) is 5.91 Å². The standard InChI is InChI=1S/C25H32N2O5/c1-5-17(2)27(15-24(30-3)31-4)23(28)14-26-25(29)32-16-22-20-12-8-6-10-18(20)19-11-7-9-13-21(19)22/h6-13,17,22,24H,5,14-16H2,1-4H3,(H,26,29). The van der Waals surface area contributed by atoms with Crippen LogP contribution in [-0.4, -0.2) is 63.1 Å². The second kappa shape index (κ2) is 11.1. The Kier molecular flexibility index (Phi) is 8.25. The lowest BCUT2D eigenvalue weighted by Gasteiger charge is -2.31. The van der Waals surface area contributed by atoms with Gasteiger partial charge in [0.1, 0.15) is 13.2 Å². The molecule has 0 aromatic heterocycles. The summed E-state index contributed by atoms with van der Waals surface area (Å²) in [6, 6.07) is 16.3. The topological polar surface area (TPSA) is 77.1 Å². The average molecular weight is 441 g/mol. The second-order valence-corrected chi connectivity index (χ2v) is 7.88. The zero-order valence-electron chi connectivity index (χ0n) is 19.2. The first-order valence-electron chi connectivity index (χ1n) is 10.9. The van der Waals surface area contributed by atoms with Crippen LogP contribution in [0.25, 0.3) is 11.1 Å². The predicted molar refractivity (Wildman–Crippen MR) is 122 cm³/mol. The molecule has 2 aromatic carbocycles. The number of methoxy groups -OCH3 is 2. The first kappa shape index (κ1) is 23.8. The highest BCUT2D eigenvalue weighted by Crippen LogP contribution is 2.44. The highest BCUT2D eigenvalue weighted by Gasteiger charge is 2.29. The Hall–Kier alpha value is -2.90. The minimum atomic E-state index is -0.612. The van der Waals surface area contributed by atoms with Gasteiger partial charge in [0.05, 0.1) is 6.54 Å². The molecule has 7 nitrogen and oxygen atoms in total. The largest absolute Gasteiger partial charge is 0.449 e. The Morgan fingerprint density at radius 1 is 1.00 bits per heavy atom. The molecule has 0 heterocycles. The number of alkyl carbamates (subject to hydrolysis) is 1. The van der Waals surface area contributed by atoms with Crippen molar-refractivity contribution in [1.29, 1.82) is 0 Å². The summed E-state index contributed by atoms with van der Waals surface area (Å²) in [5.41, 5.74) is 4.63. The number of hydrogen-bond acceptors (Lipinski definition) is 5. The van der Waals surface area contributed by atoms with E-state index in [2.05, 4.69) is 29.6 Å². The number of ether oxygens (including phenoxy) is 3. The normalized spacial score (nSPS) is 13.4. The van der Waals surface area contributed by atoms with Crippen LogP contribution < -0.4 is 5.32 Å². The van der Waals surface area contributed by atoms with Gasteiger partial charge >= 0.3 is 6.09 Å². The quantitative estimate of drug-likeness (QED) is 0.569. The molecule has 3 rings (SSSR count). The summed E-state index contributed by atoms with van der Waals surface area (Å²) in [5.74, 6) is -0.239. The van der Waals surface area contributed by atoms with Crippen molar-refractivity contribution in [2.24, 2.45) is 0 Å². The fraction of sp³-hybridized carbons (Fsp3) is 0.440. The smallest absolute Gasteiger partial charge is 0.407 e. The van der Waals surface area contributed by atoms with E-state index in [0.29, 0.717) is 0 Å². The van der Waals surface area contributed by atoms with E-state index in [1.807, 2.05) is 38.1 Å². The fourth-order valence-corrected chi connectivity index (χ4v) is 4.05. The van der Waals surface area contributed by atoms with E-state index >= 15 is 0 Å². The zero-order valence-corrected chi connectivity index (χ0v) is 19.2. The molecule has 0 saturated carbocycles. The molecule has 1 unspecified atom stereocenters. The second-order valence-electron chi connectivity index (χ2n) is 7.88. The summed E-state index contributed by atoms with van der Waals surface area (Å²) < 4.78 is 16.0. The van der Waals surface area contributed by atoms with Gasteiger partial charge in [0.25, 0.3) is 0 Å². The van der Waals surface area contributed by atoms with Crippen LogP contribution in [0.15, 0.2) is 48.5 Å². The van der Waals surface area contributed by atoms with Crippen LogP contribution in [0.1, 0.15) is 37.3 Å². The van der Waals surface area contributed by atoms with Gasteiger partial charge in [0.15, 0.2) is 6.29 Å². The minimum absolute atomic E-state index is 0.0142. The van der Waals surface area contributed by atoms with Crippen LogP contribution in [0.4, 0.5) is 4.79 Å². The maximum absolute atomic E-state index is 12.7. The lowest BCUT2D eigenvalue weighted by Crippen LogP contribution is -2.48. The molecule has 1 atom stereocenters. The van der Waals surface area contributed by atoms with Crippen molar-refractivity contribution in [3.05, 3.63) is 59.7 Å². The van der Waals surface area contributed by atoms with Crippen LogP contribution in [-0.2, 0) is 19.0 Å². The highest BCUT2D eigenvalue weighted by atomic mass is 16.7. The first-order valence-corrected chi connectivity index (χ1v) is 10.9. The molecule has 0 radical (unpaired) electrons. The maximum Gasteiger partial charge on any atom is 0.407 e. The Bertz CT molecular complexity index is 883. The zero-order chi connectivity index (χ0) is 23.1. The third kappa shape index (κ3) is 5.29. The molecule has 0 fully saturated rings. The van der Waals surface area contributed by atoms with Crippen LogP contribution in [0, 0.1) is 0 Å². The lowest BCUT2D eigenvalue weighted by molar-refractivity contribution is -0.148. The van der Waals surface area contributed by atoms with Crippen molar-refractivity contribution in [2.45, 2.75) is 38.5 Å². The molecular formula is C25H32N2O5. The van der Waals surface area contributed by atoms with E-state index < -0.39 is 12.4 Å². The van der Waals surface area contributed by atoms with Crippen LogP contribution in [0.3, 0.4) is 0 Å². The van der Waals surface area contributed by atoms with Gasteiger partial charge in [-0.15, -0.1) is 0 Å². The summed E-state index contributed by atoms with van der Waals surface area (Å²) in [6.45, 7) is 4.29. The van der Waals surface area contributed by atoms with E-state index in [0.717, 1.165) is 17.5 Å². The van der Waals surface area contributed by atoms with Crippen LogP contribution >= 0.6 is 0 Å². The SMILES string of the molecule is CCC(C)N(CC(OC)OC)C(=O)CNC(=O)OCC1c2ccccc2-c2ccccc21. The third-order valence-corrected chi connectivity index (χ3v) is 6.04. The van der Waals surface area contributed by atoms with Crippen molar-refractivity contribution >= 4 is 12.0 Å². The molecule has 1 aliphatic rings. The molecule has 1 N–H and O–H groups in total. The minimum Gasteiger partial charge on any atom is -0.449 e. The molecule has 2 amide bonds. The number of benzene rings is 2. The van der Waals surface area contributed by atoms with Gasteiger partial charge in [-0.2, -0.15) is 0 Å². The van der Waals surface area contributed by atoms with Crippen LogP contribution in [0.5, 0.6) is 0 Å². The van der Waals surface area contributed by atoms with E-state index in [9.17, 15) is 9.59 Å². The van der Waals surface area contributed by atoms with Crippen molar-refractivity contribution in [1.82, 2.24) is 10.2 Å². The van der Waals surface area contributed by atoms with Crippen molar-refractivity contribution in [2.75, 3.05) is 33.9 Å². The van der Waals surface area contributed by atoms with Gasteiger partial charge in [-0.25, -0.2) is 4.79 Å². The summed E-state index contributed by atoms with van der Waals surface area (Å²) >= 11 is 0. The Morgan fingerprint density at radius 3 is 2.09 bits per heavy atom. The number of carbonyl (C=O) groups excluding carboxylic acids is 2. The number of hydrogen-bond donors (Lipinski definition) is 1. The Balaban J connectivity index is 1.57. The molecule has 7 heteroatoms. The van der Waals surface area contributed by atoms with E-state index in [1.54, 1.807) is 4.90 Å². The van der Waals surface area contributed by atoms with E-state index in [1.165, 1.54) is 25.3 Å². The van der Waals surface area contributed by atoms with Crippen LogP contribution in [0.2, 0.25) is 0 Å². The molecule has 1 aliphatic carbocycles. The Labute approximate surface area is 189 Å². The van der Waals surface area contributed by atoms with Crippen molar-refractivity contribution < 1.29 is 23.8 Å². The van der Waals surface area contributed by atoms with E-state index in [-0.39, 0.29) is 37.6 Å². The van der Waals surface area contributed by atoms with Gasteiger partial charge in [-0.05, 0) is 35.6 Å². The maximum atomic E-state index is 12.7. The summed E-state index contributed by atoms with van der Waals surface area (Å²) in [6.07, 6.45) is -0.363. The lowest BCUT2D eigenvalue weighted by atomic mass is 9.98. The molecule has 0 spiro atoms. The third-order valence-electron chi connectivity index (χ3n) is 6.04. The number of fused-ring (bicyclic) bond motifs is 3. The Morgan fingerprint density at radius 2 is 1.56 bits per heavy atom. The van der Waals surface area contributed by atoms with E-state index in [4.69, 9.17) is 14.2 Å². The number of carbonyl (C=O) groups is 2. The molecular weight excluding hydrogens is 408 g/mol. The molecule has 32 heavy (non-hydrogen) atoms. The fourth-order valence-electron chi connectivity index (χ4n) is 4.05. The molecule has 172 valence electrons. The highest BCUT2D eigenvalue weighted by molar-refractivity contribution is 5.83. The summed E-state index contributed by atoms with van der Waals surface area (Å²) in [5, 5.41) is 2.59. The monoisotopic (exact) mass is 440 g/mol. The van der Waals surface area contributed by atoms with Gasteiger partial charge in [-0.1, -0.05) is 55.5 Å². The molecule has 0 bridgehead atoms. The average Bonchev–Trinajstić information content (AvgIpc) is 3.15. The van der Waals surface area contributed by atoms with Crippen molar-refractivity contribution in [3.63, 3.8) is 0 Å².